The zero-order valence-electron chi connectivity index (χ0n) is 12.9. The molecule has 0 aliphatic carbocycles. The number of ether oxygens (including phenoxy) is 1. The van der Waals surface area contributed by atoms with Crippen LogP contribution in [0.1, 0.15) is 22.7 Å². The molecule has 0 unspecified atom stereocenters. The van der Waals surface area contributed by atoms with Crippen LogP contribution in [0.25, 0.3) is 0 Å². The molecule has 118 valence electrons. The number of aliphatic hydroxyl groups is 1. The van der Waals surface area contributed by atoms with Gasteiger partial charge in [0, 0.05) is 13.1 Å². The van der Waals surface area contributed by atoms with Crippen LogP contribution in [0.5, 0.6) is 0 Å². The maximum absolute atomic E-state index is 9.69. The second kappa shape index (κ2) is 7.38. The van der Waals surface area contributed by atoms with Crippen molar-refractivity contribution in [3.8, 4) is 6.07 Å². The number of hydrogen-bond acceptors (Lipinski definition) is 4. The first kappa shape index (κ1) is 15.7. The van der Waals surface area contributed by atoms with Gasteiger partial charge in [0.05, 0.1) is 30.9 Å². The topological polar surface area (TPSA) is 56.5 Å². The molecule has 1 fully saturated rings. The van der Waals surface area contributed by atoms with Crippen molar-refractivity contribution < 1.29 is 9.84 Å². The lowest BCUT2D eigenvalue weighted by molar-refractivity contribution is -0.0960. The molecule has 1 aliphatic rings. The van der Waals surface area contributed by atoms with E-state index in [4.69, 9.17) is 10.00 Å². The molecule has 1 saturated heterocycles. The first-order valence-electron chi connectivity index (χ1n) is 7.82. The first-order chi connectivity index (χ1) is 11.3. The molecule has 0 aromatic heterocycles. The molecule has 1 aliphatic heterocycles. The molecule has 3 rings (SSSR count). The van der Waals surface area contributed by atoms with Crippen molar-refractivity contribution in [1.29, 1.82) is 5.26 Å². The van der Waals surface area contributed by atoms with Crippen molar-refractivity contribution in [3.63, 3.8) is 0 Å². The summed E-state index contributed by atoms with van der Waals surface area (Å²) in [7, 11) is 0. The molecular weight excluding hydrogens is 288 g/mol. The molecule has 4 nitrogen and oxygen atoms in total. The Morgan fingerprint density at radius 2 is 1.87 bits per heavy atom. The molecule has 1 heterocycles. The number of hydrogen-bond donors (Lipinski definition) is 1. The third-order valence-electron chi connectivity index (χ3n) is 4.25. The quantitative estimate of drug-likeness (QED) is 0.943. The Hall–Kier alpha value is -2.19. The zero-order chi connectivity index (χ0) is 16.1. The first-order valence-corrected chi connectivity index (χ1v) is 7.82. The predicted octanol–water partition coefficient (Wildman–Crippen LogP) is 2.49. The largest absolute Gasteiger partial charge is 0.394 e. The lowest BCUT2D eigenvalue weighted by atomic mass is 9.97. The van der Waals surface area contributed by atoms with Gasteiger partial charge in [-0.25, -0.2) is 0 Å². The molecular formula is C19H20N2O2. The Balaban J connectivity index is 1.84. The number of aliphatic hydroxyl groups excluding tert-OH is 1. The molecule has 0 bridgehead atoms. The molecule has 0 spiro atoms. The van der Waals surface area contributed by atoms with Crippen molar-refractivity contribution >= 4 is 0 Å². The number of morpholine rings is 1. The fourth-order valence-corrected chi connectivity index (χ4v) is 3.11. The van der Waals surface area contributed by atoms with Crippen molar-refractivity contribution in [2.45, 2.75) is 18.7 Å². The van der Waals surface area contributed by atoms with Gasteiger partial charge in [0.25, 0.3) is 0 Å². The van der Waals surface area contributed by atoms with Gasteiger partial charge < -0.3 is 9.84 Å². The smallest absolute Gasteiger partial charge is 0.100 e. The zero-order valence-corrected chi connectivity index (χ0v) is 12.9. The van der Waals surface area contributed by atoms with E-state index in [0.717, 1.165) is 24.2 Å². The van der Waals surface area contributed by atoms with Crippen molar-refractivity contribution in [3.05, 3.63) is 71.3 Å². The van der Waals surface area contributed by atoms with Crippen molar-refractivity contribution in [2.24, 2.45) is 0 Å². The molecule has 0 saturated carbocycles. The summed E-state index contributed by atoms with van der Waals surface area (Å²) in [6.07, 6.45) is -0.218. The summed E-state index contributed by atoms with van der Waals surface area (Å²) in [5.74, 6) is 0. The van der Waals surface area contributed by atoms with Crippen molar-refractivity contribution in [1.82, 2.24) is 4.90 Å². The SMILES string of the molecule is N#Cc1ccc(CN2CCO[C@@H](CO)[C@@H]2c2ccccc2)cc1. The van der Waals surface area contributed by atoms with E-state index in [9.17, 15) is 5.11 Å². The molecule has 23 heavy (non-hydrogen) atoms. The summed E-state index contributed by atoms with van der Waals surface area (Å²) < 4.78 is 5.76. The molecule has 1 N–H and O–H groups in total. The van der Waals surface area contributed by atoms with Crippen LogP contribution in [-0.2, 0) is 11.3 Å². The van der Waals surface area contributed by atoms with E-state index in [2.05, 4.69) is 23.1 Å². The van der Waals surface area contributed by atoms with Gasteiger partial charge in [-0.15, -0.1) is 0 Å². The van der Waals surface area contributed by atoms with Gasteiger partial charge >= 0.3 is 0 Å². The molecule has 0 radical (unpaired) electrons. The standard InChI is InChI=1S/C19H20N2O2/c20-12-15-6-8-16(9-7-15)13-21-10-11-23-18(14-22)19(21)17-4-2-1-3-5-17/h1-9,18-19,22H,10-11,13-14H2/t18-,19-/m0/s1. The maximum atomic E-state index is 9.69. The average Bonchev–Trinajstić information content (AvgIpc) is 2.63. The minimum atomic E-state index is -0.218. The lowest BCUT2D eigenvalue weighted by Crippen LogP contribution is -2.46. The van der Waals surface area contributed by atoms with Crippen LogP contribution in [-0.4, -0.2) is 35.9 Å². The van der Waals surface area contributed by atoms with Gasteiger partial charge in [-0.1, -0.05) is 42.5 Å². The van der Waals surface area contributed by atoms with E-state index < -0.39 is 0 Å². The monoisotopic (exact) mass is 308 g/mol. The molecule has 4 heteroatoms. The summed E-state index contributed by atoms with van der Waals surface area (Å²) >= 11 is 0. The highest BCUT2D eigenvalue weighted by atomic mass is 16.5. The second-order valence-corrected chi connectivity index (χ2v) is 5.73. The molecule has 2 atom stereocenters. The van der Waals surface area contributed by atoms with Gasteiger partial charge in [-0.2, -0.15) is 5.26 Å². The maximum Gasteiger partial charge on any atom is 0.100 e. The minimum Gasteiger partial charge on any atom is -0.394 e. The van der Waals surface area contributed by atoms with E-state index in [1.165, 1.54) is 0 Å². The van der Waals surface area contributed by atoms with Crippen molar-refractivity contribution in [2.75, 3.05) is 19.8 Å². The van der Waals surface area contributed by atoms with Gasteiger partial charge in [0.15, 0.2) is 0 Å². The predicted molar refractivity (Wildman–Crippen MR) is 87.6 cm³/mol. The van der Waals surface area contributed by atoms with Crippen LogP contribution in [0.3, 0.4) is 0 Å². The van der Waals surface area contributed by atoms with Crippen LogP contribution < -0.4 is 0 Å². The second-order valence-electron chi connectivity index (χ2n) is 5.73. The Bertz CT molecular complexity index is 664. The Morgan fingerprint density at radius 3 is 2.52 bits per heavy atom. The fourth-order valence-electron chi connectivity index (χ4n) is 3.11. The third-order valence-corrected chi connectivity index (χ3v) is 4.25. The lowest BCUT2D eigenvalue weighted by Gasteiger charge is -2.41. The van der Waals surface area contributed by atoms with Gasteiger partial charge in [0.2, 0.25) is 0 Å². The van der Waals surface area contributed by atoms with Crippen LogP contribution in [0.2, 0.25) is 0 Å². The highest BCUT2D eigenvalue weighted by Gasteiger charge is 2.32. The fraction of sp³-hybridized carbons (Fsp3) is 0.316. The summed E-state index contributed by atoms with van der Waals surface area (Å²) in [5, 5.41) is 18.6. The van der Waals surface area contributed by atoms with Gasteiger partial charge in [-0.3, -0.25) is 4.90 Å². The number of nitrogens with zero attached hydrogens (tertiary/aromatic N) is 2. The Morgan fingerprint density at radius 1 is 1.13 bits per heavy atom. The molecule has 0 amide bonds. The van der Waals surface area contributed by atoms with E-state index in [1.54, 1.807) is 0 Å². The van der Waals surface area contributed by atoms with E-state index in [1.807, 2.05) is 42.5 Å². The van der Waals surface area contributed by atoms with Crippen LogP contribution in [0.15, 0.2) is 54.6 Å². The Labute approximate surface area is 136 Å². The normalized spacial score (nSPS) is 21.7. The number of benzene rings is 2. The summed E-state index contributed by atoms with van der Waals surface area (Å²) in [6, 6.07) is 20.0. The molecule has 2 aromatic carbocycles. The number of rotatable bonds is 4. The summed E-state index contributed by atoms with van der Waals surface area (Å²) in [5.41, 5.74) is 2.98. The number of nitriles is 1. The van der Waals surface area contributed by atoms with Gasteiger partial charge in [0.1, 0.15) is 6.10 Å². The van der Waals surface area contributed by atoms with E-state index >= 15 is 0 Å². The van der Waals surface area contributed by atoms with Crippen LogP contribution in [0.4, 0.5) is 0 Å². The summed E-state index contributed by atoms with van der Waals surface area (Å²) in [6.45, 7) is 2.20. The summed E-state index contributed by atoms with van der Waals surface area (Å²) in [4.78, 5) is 2.33. The third kappa shape index (κ3) is 3.59. The highest BCUT2D eigenvalue weighted by Crippen LogP contribution is 2.30. The van der Waals surface area contributed by atoms with E-state index in [-0.39, 0.29) is 18.8 Å². The van der Waals surface area contributed by atoms with Gasteiger partial charge in [-0.05, 0) is 23.3 Å². The highest BCUT2D eigenvalue weighted by molar-refractivity contribution is 5.32. The molecule has 2 aromatic rings. The van der Waals surface area contributed by atoms with E-state index in [0.29, 0.717) is 12.2 Å². The Kier molecular flexibility index (Phi) is 5.04. The average molecular weight is 308 g/mol. The van der Waals surface area contributed by atoms with Crippen LogP contribution >= 0.6 is 0 Å². The minimum absolute atomic E-state index is 0.00340. The van der Waals surface area contributed by atoms with Crippen LogP contribution in [0, 0.1) is 11.3 Å².